The van der Waals surface area contributed by atoms with Crippen molar-refractivity contribution in [2.24, 2.45) is 5.14 Å². The average Bonchev–Trinajstić information content (AvgIpc) is 2.61. The molecule has 2 aromatic rings. The lowest BCUT2D eigenvalue weighted by molar-refractivity contribution is -0.123. The van der Waals surface area contributed by atoms with Crippen LogP contribution in [0.1, 0.15) is 29.8 Å². The van der Waals surface area contributed by atoms with E-state index >= 15 is 0 Å². The normalized spacial score (nSPS) is 12.3. The number of primary sulfonamides is 1. The van der Waals surface area contributed by atoms with Crippen molar-refractivity contribution in [3.05, 3.63) is 59.7 Å². The van der Waals surface area contributed by atoms with Crippen molar-refractivity contribution in [2.45, 2.75) is 31.3 Å². The molecule has 1 atom stereocenters. The molecule has 0 fully saturated rings. The summed E-state index contributed by atoms with van der Waals surface area (Å²) in [6.45, 7) is 3.46. The maximum Gasteiger partial charge on any atom is 0.338 e. The number of nitrogens with two attached hydrogens (primary N) is 1. The maximum atomic E-state index is 12.2. The average molecular weight is 376 g/mol. The molecule has 0 saturated carbocycles. The van der Waals surface area contributed by atoms with Crippen LogP contribution in [0.15, 0.2) is 53.4 Å². The molecule has 0 unspecified atom stereocenters. The van der Waals surface area contributed by atoms with Crippen LogP contribution in [0.25, 0.3) is 0 Å². The number of sulfonamides is 1. The molecule has 0 aliphatic carbocycles. The molecule has 0 aliphatic rings. The van der Waals surface area contributed by atoms with E-state index in [4.69, 9.17) is 9.88 Å². The van der Waals surface area contributed by atoms with Crippen molar-refractivity contribution < 1.29 is 22.7 Å². The first-order chi connectivity index (χ1) is 12.2. The van der Waals surface area contributed by atoms with Gasteiger partial charge in [0.05, 0.1) is 10.5 Å². The van der Waals surface area contributed by atoms with Gasteiger partial charge >= 0.3 is 5.97 Å². The number of hydrogen-bond acceptors (Lipinski definition) is 5. The summed E-state index contributed by atoms with van der Waals surface area (Å²) >= 11 is 0. The Balaban J connectivity index is 2.02. The van der Waals surface area contributed by atoms with Crippen LogP contribution in [0.3, 0.4) is 0 Å². The summed E-state index contributed by atoms with van der Waals surface area (Å²) in [4.78, 5) is 24.1. The minimum Gasteiger partial charge on any atom is -0.449 e. The fourth-order valence-corrected chi connectivity index (χ4v) is 2.71. The second kappa shape index (κ2) is 8.11. The number of anilines is 1. The predicted molar refractivity (Wildman–Crippen MR) is 97.1 cm³/mol. The molecule has 1 amide bonds. The Morgan fingerprint density at radius 1 is 1.15 bits per heavy atom. The number of hydrogen-bond donors (Lipinski definition) is 2. The van der Waals surface area contributed by atoms with Gasteiger partial charge in [-0.2, -0.15) is 0 Å². The summed E-state index contributed by atoms with van der Waals surface area (Å²) in [5.74, 6) is -1.32. The molecule has 7 nitrogen and oxygen atoms in total. The van der Waals surface area contributed by atoms with Gasteiger partial charge in [-0.15, -0.1) is 0 Å². The zero-order chi connectivity index (χ0) is 19.3. The van der Waals surface area contributed by atoms with E-state index in [-0.39, 0.29) is 10.5 Å². The molecule has 26 heavy (non-hydrogen) atoms. The van der Waals surface area contributed by atoms with Crippen molar-refractivity contribution in [3.8, 4) is 0 Å². The number of aryl methyl sites for hydroxylation is 1. The molecular weight excluding hydrogens is 356 g/mol. The van der Waals surface area contributed by atoms with E-state index < -0.39 is 28.0 Å². The number of ether oxygens (including phenoxy) is 1. The molecule has 3 N–H and O–H groups in total. The van der Waals surface area contributed by atoms with Gasteiger partial charge in [-0.3, -0.25) is 4.79 Å². The highest BCUT2D eigenvalue weighted by Crippen LogP contribution is 2.13. The summed E-state index contributed by atoms with van der Waals surface area (Å²) < 4.78 is 27.8. The van der Waals surface area contributed by atoms with E-state index in [1.165, 1.54) is 25.1 Å². The van der Waals surface area contributed by atoms with Crippen LogP contribution < -0.4 is 10.5 Å². The lowest BCUT2D eigenvalue weighted by Crippen LogP contribution is -2.30. The Bertz CT molecular complexity index is 907. The molecule has 0 spiro atoms. The molecule has 0 radical (unpaired) electrons. The highest BCUT2D eigenvalue weighted by atomic mass is 32.2. The number of carbonyl (C=O) groups excluding carboxylic acids is 2. The Kier molecular flexibility index (Phi) is 6.12. The molecule has 0 aliphatic heterocycles. The standard InChI is InChI=1S/C18H20N2O5S/c1-3-13-7-9-15(10-8-13)20-17(21)12(2)25-18(22)14-5-4-6-16(11-14)26(19,23)24/h4-12H,3H2,1-2H3,(H,20,21)(H2,19,23,24)/t12-/m1/s1. The Morgan fingerprint density at radius 2 is 1.81 bits per heavy atom. The predicted octanol–water partition coefficient (Wildman–Crippen LogP) is 2.08. The van der Waals surface area contributed by atoms with Crippen LogP contribution in [0, 0.1) is 0 Å². The highest BCUT2D eigenvalue weighted by Gasteiger charge is 2.20. The van der Waals surface area contributed by atoms with Crippen LogP contribution in [0.2, 0.25) is 0 Å². The highest BCUT2D eigenvalue weighted by molar-refractivity contribution is 7.89. The number of amides is 1. The monoisotopic (exact) mass is 376 g/mol. The van der Waals surface area contributed by atoms with Gasteiger partial charge in [0.25, 0.3) is 5.91 Å². The van der Waals surface area contributed by atoms with Crippen LogP contribution >= 0.6 is 0 Å². The molecular formula is C18H20N2O5S. The van der Waals surface area contributed by atoms with E-state index in [1.807, 2.05) is 19.1 Å². The van der Waals surface area contributed by atoms with E-state index in [9.17, 15) is 18.0 Å². The number of rotatable bonds is 6. The first kappa shape index (κ1) is 19.6. The molecule has 0 aromatic heterocycles. The van der Waals surface area contributed by atoms with Gasteiger partial charge in [0, 0.05) is 5.69 Å². The van der Waals surface area contributed by atoms with Gasteiger partial charge in [0.2, 0.25) is 10.0 Å². The van der Waals surface area contributed by atoms with Gasteiger partial charge in [0.1, 0.15) is 0 Å². The topological polar surface area (TPSA) is 116 Å². The molecule has 2 aromatic carbocycles. The second-order valence-corrected chi connectivity index (χ2v) is 7.22. The minimum absolute atomic E-state index is 0.0107. The largest absolute Gasteiger partial charge is 0.449 e. The van der Waals surface area contributed by atoms with Crippen molar-refractivity contribution in [1.82, 2.24) is 0 Å². The van der Waals surface area contributed by atoms with Gasteiger partial charge in [-0.25, -0.2) is 18.4 Å². The summed E-state index contributed by atoms with van der Waals surface area (Å²) in [6, 6.07) is 12.4. The summed E-state index contributed by atoms with van der Waals surface area (Å²) in [5.41, 5.74) is 1.71. The third-order valence-electron chi connectivity index (χ3n) is 3.68. The van der Waals surface area contributed by atoms with E-state index in [0.717, 1.165) is 18.1 Å². The molecule has 8 heteroatoms. The number of benzene rings is 2. The zero-order valence-corrected chi connectivity index (χ0v) is 15.2. The first-order valence-electron chi connectivity index (χ1n) is 7.94. The van der Waals surface area contributed by atoms with E-state index in [0.29, 0.717) is 5.69 Å². The number of esters is 1. The smallest absolute Gasteiger partial charge is 0.338 e. The Labute approximate surface area is 152 Å². The summed E-state index contributed by atoms with van der Waals surface area (Å²) in [6.07, 6.45) is -0.175. The molecule has 2 rings (SSSR count). The molecule has 138 valence electrons. The van der Waals surface area contributed by atoms with Crippen molar-refractivity contribution in [2.75, 3.05) is 5.32 Å². The maximum absolute atomic E-state index is 12.2. The molecule has 0 saturated heterocycles. The van der Waals surface area contributed by atoms with Crippen LogP contribution in [-0.2, 0) is 26.0 Å². The second-order valence-electron chi connectivity index (χ2n) is 5.66. The van der Waals surface area contributed by atoms with E-state index in [2.05, 4.69) is 5.32 Å². The lowest BCUT2D eigenvalue weighted by Gasteiger charge is -2.14. The third kappa shape index (κ3) is 5.14. The fraction of sp³-hybridized carbons (Fsp3) is 0.222. The van der Waals surface area contributed by atoms with Gasteiger partial charge < -0.3 is 10.1 Å². The fourth-order valence-electron chi connectivity index (χ4n) is 2.15. The van der Waals surface area contributed by atoms with Crippen molar-refractivity contribution >= 4 is 27.6 Å². The zero-order valence-electron chi connectivity index (χ0n) is 14.4. The number of carbonyl (C=O) groups is 2. The number of nitrogens with one attached hydrogen (secondary N) is 1. The van der Waals surface area contributed by atoms with Crippen molar-refractivity contribution in [3.63, 3.8) is 0 Å². The third-order valence-corrected chi connectivity index (χ3v) is 4.59. The van der Waals surface area contributed by atoms with Gasteiger partial charge in [-0.05, 0) is 49.2 Å². The van der Waals surface area contributed by atoms with Crippen LogP contribution in [0.5, 0.6) is 0 Å². The van der Waals surface area contributed by atoms with E-state index in [1.54, 1.807) is 12.1 Å². The quantitative estimate of drug-likeness (QED) is 0.749. The SMILES string of the molecule is CCc1ccc(NC(=O)[C@@H](C)OC(=O)c2cccc(S(N)(=O)=O)c2)cc1. The molecule has 0 heterocycles. The summed E-state index contributed by atoms with van der Waals surface area (Å²) in [7, 11) is -3.94. The van der Waals surface area contributed by atoms with Crippen molar-refractivity contribution in [1.29, 1.82) is 0 Å². The summed E-state index contributed by atoms with van der Waals surface area (Å²) in [5, 5.41) is 7.69. The van der Waals surface area contributed by atoms with Crippen LogP contribution in [0.4, 0.5) is 5.69 Å². The van der Waals surface area contributed by atoms with Gasteiger partial charge in [0.15, 0.2) is 6.10 Å². The van der Waals surface area contributed by atoms with Gasteiger partial charge in [-0.1, -0.05) is 25.1 Å². The lowest BCUT2D eigenvalue weighted by atomic mass is 10.1. The Morgan fingerprint density at radius 3 is 2.38 bits per heavy atom. The van der Waals surface area contributed by atoms with Crippen LogP contribution in [-0.4, -0.2) is 26.4 Å². The Hall–Kier alpha value is -2.71. The minimum atomic E-state index is -3.94. The molecule has 0 bridgehead atoms. The first-order valence-corrected chi connectivity index (χ1v) is 9.49.